The molecule has 0 fully saturated rings. The Labute approximate surface area is 156 Å². The van der Waals surface area contributed by atoms with Gasteiger partial charge in [-0.2, -0.15) is 8.42 Å². The molecule has 2 N–H and O–H groups in total. The molecule has 0 aliphatic carbocycles. The van der Waals surface area contributed by atoms with E-state index in [9.17, 15) is 18.1 Å². The van der Waals surface area contributed by atoms with Crippen LogP contribution < -0.4 is 0 Å². The van der Waals surface area contributed by atoms with Crippen molar-refractivity contribution in [3.05, 3.63) is 0 Å². The van der Waals surface area contributed by atoms with Gasteiger partial charge in [0.15, 0.2) is 0 Å². The molecule has 0 aromatic rings. The van der Waals surface area contributed by atoms with Gasteiger partial charge in [0.1, 0.15) is 0 Å². The van der Waals surface area contributed by atoms with E-state index in [0.717, 1.165) is 19.3 Å². The molecule has 0 aliphatic heterocycles. The molecule has 25 heavy (non-hydrogen) atoms. The number of aliphatic hydroxyl groups excluding tert-OH is 1. The van der Waals surface area contributed by atoms with E-state index in [1.165, 1.54) is 64.2 Å². The summed E-state index contributed by atoms with van der Waals surface area (Å²) in [6, 6.07) is 0. The van der Waals surface area contributed by atoms with E-state index in [1.807, 2.05) is 6.92 Å². The van der Waals surface area contributed by atoms with Crippen molar-refractivity contribution in [3.8, 4) is 0 Å². The molecule has 2 unspecified atom stereocenters. The van der Waals surface area contributed by atoms with E-state index >= 15 is 0 Å². The van der Waals surface area contributed by atoms with Crippen molar-refractivity contribution in [3.63, 3.8) is 0 Å². The molecule has 0 saturated heterocycles. The smallest absolute Gasteiger partial charge is 0.267 e. The van der Waals surface area contributed by atoms with Crippen LogP contribution in [0, 0.1) is 0 Å². The van der Waals surface area contributed by atoms with Gasteiger partial charge < -0.3 is 5.11 Å². The standard InChI is InChI=1S/C20H42O4S/c1-3-5-6-7-8-9-10-11-12-13-14-15-16-17-20(25(22,23)24)18-19(21)4-2/h19-21H,3-18H2,1-2H3,(H,22,23,24). The van der Waals surface area contributed by atoms with Gasteiger partial charge in [-0.1, -0.05) is 97.3 Å². The maximum absolute atomic E-state index is 11.4. The van der Waals surface area contributed by atoms with Crippen LogP contribution in [-0.2, 0) is 10.1 Å². The van der Waals surface area contributed by atoms with E-state index in [1.54, 1.807) is 0 Å². The molecule has 4 nitrogen and oxygen atoms in total. The molecule has 0 spiro atoms. The van der Waals surface area contributed by atoms with Crippen molar-refractivity contribution in [2.75, 3.05) is 0 Å². The van der Waals surface area contributed by atoms with Crippen LogP contribution in [-0.4, -0.2) is 29.4 Å². The van der Waals surface area contributed by atoms with Gasteiger partial charge in [-0.05, 0) is 19.3 Å². The van der Waals surface area contributed by atoms with Crippen LogP contribution in [0.2, 0.25) is 0 Å². The highest BCUT2D eigenvalue weighted by Crippen LogP contribution is 2.18. The van der Waals surface area contributed by atoms with Crippen LogP contribution in [0.3, 0.4) is 0 Å². The number of hydrogen-bond donors (Lipinski definition) is 2. The zero-order valence-electron chi connectivity index (χ0n) is 16.6. The van der Waals surface area contributed by atoms with Crippen LogP contribution >= 0.6 is 0 Å². The highest BCUT2D eigenvalue weighted by molar-refractivity contribution is 7.86. The molecule has 0 saturated carbocycles. The van der Waals surface area contributed by atoms with Gasteiger partial charge in [0.25, 0.3) is 10.1 Å². The Kier molecular flexibility index (Phi) is 16.0. The van der Waals surface area contributed by atoms with Gasteiger partial charge in [-0.3, -0.25) is 4.55 Å². The number of aliphatic hydroxyl groups is 1. The lowest BCUT2D eigenvalue weighted by Gasteiger charge is -2.16. The molecule has 0 aromatic heterocycles. The largest absolute Gasteiger partial charge is 0.393 e. The third kappa shape index (κ3) is 15.8. The fourth-order valence-corrected chi connectivity index (χ4v) is 4.18. The van der Waals surface area contributed by atoms with Crippen LogP contribution in [0.4, 0.5) is 0 Å². The molecule has 0 rings (SSSR count). The zero-order chi connectivity index (χ0) is 19.0. The first-order chi connectivity index (χ1) is 11.9. The van der Waals surface area contributed by atoms with Gasteiger partial charge >= 0.3 is 0 Å². The number of rotatable bonds is 18. The van der Waals surface area contributed by atoms with Crippen LogP contribution in [0.1, 0.15) is 117 Å². The van der Waals surface area contributed by atoms with Gasteiger partial charge in [0, 0.05) is 0 Å². The molecule has 5 heteroatoms. The summed E-state index contributed by atoms with van der Waals surface area (Å²) >= 11 is 0. The second kappa shape index (κ2) is 16.1. The first kappa shape index (κ1) is 24.9. The first-order valence-electron chi connectivity index (χ1n) is 10.6. The fourth-order valence-electron chi connectivity index (χ4n) is 3.25. The Morgan fingerprint density at radius 1 is 0.720 bits per heavy atom. The predicted molar refractivity (Wildman–Crippen MR) is 107 cm³/mol. The second-order valence-corrected chi connectivity index (χ2v) is 9.16. The maximum Gasteiger partial charge on any atom is 0.267 e. The van der Waals surface area contributed by atoms with E-state index in [-0.39, 0.29) is 6.42 Å². The zero-order valence-corrected chi connectivity index (χ0v) is 17.4. The molecular formula is C20H42O4S. The summed E-state index contributed by atoms with van der Waals surface area (Å²) < 4.78 is 32.0. The minimum Gasteiger partial charge on any atom is -0.393 e. The molecule has 0 aliphatic rings. The monoisotopic (exact) mass is 378 g/mol. The van der Waals surface area contributed by atoms with Crippen molar-refractivity contribution < 1.29 is 18.1 Å². The quantitative estimate of drug-likeness (QED) is 0.230. The summed E-state index contributed by atoms with van der Waals surface area (Å²) in [5.41, 5.74) is 0. The summed E-state index contributed by atoms with van der Waals surface area (Å²) in [6.07, 6.45) is 16.7. The Bertz CT molecular complexity index is 381. The van der Waals surface area contributed by atoms with Crippen LogP contribution in [0.25, 0.3) is 0 Å². The van der Waals surface area contributed by atoms with Crippen molar-refractivity contribution in [1.29, 1.82) is 0 Å². The Hall–Kier alpha value is -0.130. The van der Waals surface area contributed by atoms with Crippen molar-refractivity contribution in [2.45, 2.75) is 128 Å². The summed E-state index contributed by atoms with van der Waals surface area (Å²) in [4.78, 5) is 0. The van der Waals surface area contributed by atoms with Crippen molar-refractivity contribution in [1.82, 2.24) is 0 Å². The molecule has 0 bridgehead atoms. The van der Waals surface area contributed by atoms with Gasteiger partial charge in [0.05, 0.1) is 11.4 Å². The fraction of sp³-hybridized carbons (Fsp3) is 1.00. The third-order valence-corrected chi connectivity index (χ3v) is 6.33. The van der Waals surface area contributed by atoms with Crippen molar-refractivity contribution in [2.24, 2.45) is 0 Å². The second-order valence-electron chi connectivity index (χ2n) is 7.47. The highest BCUT2D eigenvalue weighted by atomic mass is 32.2. The summed E-state index contributed by atoms with van der Waals surface area (Å²) in [6.45, 7) is 4.06. The number of unbranched alkanes of at least 4 members (excludes halogenated alkanes) is 12. The van der Waals surface area contributed by atoms with Gasteiger partial charge in [-0.25, -0.2) is 0 Å². The lowest BCUT2D eigenvalue weighted by atomic mass is 10.0. The molecular weight excluding hydrogens is 336 g/mol. The van der Waals surface area contributed by atoms with E-state index in [4.69, 9.17) is 0 Å². The van der Waals surface area contributed by atoms with Crippen molar-refractivity contribution >= 4 is 10.1 Å². The minimum absolute atomic E-state index is 0.146. The Morgan fingerprint density at radius 3 is 1.48 bits per heavy atom. The Morgan fingerprint density at radius 2 is 1.12 bits per heavy atom. The van der Waals surface area contributed by atoms with Gasteiger partial charge in [-0.15, -0.1) is 0 Å². The summed E-state index contributed by atoms with van der Waals surface area (Å²) in [5.74, 6) is 0. The molecule has 152 valence electrons. The van der Waals surface area contributed by atoms with Crippen LogP contribution in [0.5, 0.6) is 0 Å². The molecule has 2 atom stereocenters. The average molecular weight is 379 g/mol. The van der Waals surface area contributed by atoms with Crippen LogP contribution in [0.15, 0.2) is 0 Å². The first-order valence-corrected chi connectivity index (χ1v) is 12.1. The lowest BCUT2D eigenvalue weighted by Crippen LogP contribution is -2.25. The average Bonchev–Trinajstić information content (AvgIpc) is 2.56. The molecule has 0 aromatic carbocycles. The Balaban J connectivity index is 3.54. The van der Waals surface area contributed by atoms with E-state index < -0.39 is 21.5 Å². The predicted octanol–water partition coefficient (Wildman–Crippen LogP) is 5.89. The van der Waals surface area contributed by atoms with Gasteiger partial charge in [0.2, 0.25) is 0 Å². The number of hydrogen-bond acceptors (Lipinski definition) is 3. The summed E-state index contributed by atoms with van der Waals surface area (Å²) in [7, 11) is -4.05. The SMILES string of the molecule is CCCCCCCCCCCCCCCC(CC(O)CC)S(=O)(=O)O. The topological polar surface area (TPSA) is 74.6 Å². The minimum atomic E-state index is -4.05. The van der Waals surface area contributed by atoms with E-state index in [2.05, 4.69) is 6.92 Å². The maximum atomic E-state index is 11.4. The highest BCUT2D eigenvalue weighted by Gasteiger charge is 2.24. The molecule has 0 heterocycles. The molecule has 0 radical (unpaired) electrons. The third-order valence-electron chi connectivity index (χ3n) is 5.06. The normalized spacial score (nSPS) is 14.6. The van der Waals surface area contributed by atoms with E-state index in [0.29, 0.717) is 12.8 Å². The summed E-state index contributed by atoms with van der Waals surface area (Å²) in [5, 5.41) is 8.81. The lowest BCUT2D eigenvalue weighted by molar-refractivity contribution is 0.156. The molecule has 0 amide bonds.